The van der Waals surface area contributed by atoms with Gasteiger partial charge < -0.3 is 10.6 Å². The lowest BCUT2D eigenvalue weighted by Gasteiger charge is -2.12. The van der Waals surface area contributed by atoms with Crippen LogP contribution in [0.15, 0.2) is 48.5 Å². The van der Waals surface area contributed by atoms with Gasteiger partial charge in [0.1, 0.15) is 27.6 Å². The zero-order valence-electron chi connectivity index (χ0n) is 17.7. The number of benzene rings is 3. The maximum Gasteiger partial charge on any atom is 0.256 e. The van der Waals surface area contributed by atoms with E-state index in [9.17, 15) is 27.2 Å². The minimum atomic E-state index is -1.52. The summed E-state index contributed by atoms with van der Waals surface area (Å²) in [6, 6.07) is 8.60. The van der Waals surface area contributed by atoms with Crippen LogP contribution in [0.25, 0.3) is 0 Å². The summed E-state index contributed by atoms with van der Waals surface area (Å²) in [6.07, 6.45) is 0. The highest BCUT2D eigenvalue weighted by molar-refractivity contribution is 6.53. The molecule has 0 spiro atoms. The minimum absolute atomic E-state index is 0.0581. The molecule has 0 aromatic heterocycles. The highest BCUT2D eigenvalue weighted by Crippen LogP contribution is 2.65. The van der Waals surface area contributed by atoms with Crippen LogP contribution >= 0.6 is 34.8 Å². The Morgan fingerprint density at radius 2 is 1.60 bits per heavy atom. The molecule has 4 nitrogen and oxygen atoms in total. The molecule has 2 N–H and O–H groups in total. The fraction of sp³-hybridized carbons (Fsp3) is 0.167. The van der Waals surface area contributed by atoms with Gasteiger partial charge in [0.05, 0.1) is 16.6 Å². The first-order valence-corrected chi connectivity index (χ1v) is 11.2. The first-order valence-electron chi connectivity index (χ1n) is 10.1. The lowest BCUT2D eigenvalue weighted by atomic mass is 10.1. The summed E-state index contributed by atoms with van der Waals surface area (Å²) in [7, 11) is 0. The van der Waals surface area contributed by atoms with Crippen LogP contribution in [-0.4, -0.2) is 16.1 Å². The van der Waals surface area contributed by atoms with Crippen LogP contribution in [0.2, 0.25) is 5.02 Å². The van der Waals surface area contributed by atoms with E-state index in [1.54, 1.807) is 0 Å². The SMILES string of the molecule is Cc1c(F)cc(NC(=O)[C@H]2[C@H](c3ccc(F)c(Cl)c3)C2(Cl)Cl)cc1C(=O)Nc1ccc(F)cc1F. The standard InChI is InChI=1S/C24H15Cl3F4N2O2/c1-10-14(22(34)33-19-5-3-12(28)7-18(19)31)8-13(9-17(10)30)32-23(35)21-20(24(21,26)27)11-2-4-16(29)15(25)6-11/h2-9,20-21H,1H3,(H,32,35)(H,33,34)/t20-,21+/m0/s1. The summed E-state index contributed by atoms with van der Waals surface area (Å²) in [4.78, 5) is 25.5. The third-order valence-corrected chi connectivity index (χ3v) is 6.90. The summed E-state index contributed by atoms with van der Waals surface area (Å²) >= 11 is 18.4. The van der Waals surface area contributed by atoms with Gasteiger partial charge in [-0.1, -0.05) is 17.7 Å². The van der Waals surface area contributed by atoms with Crippen LogP contribution in [0.1, 0.15) is 27.4 Å². The quantitative estimate of drug-likeness (QED) is 0.268. The molecule has 35 heavy (non-hydrogen) atoms. The number of hydrogen-bond acceptors (Lipinski definition) is 2. The summed E-state index contributed by atoms with van der Waals surface area (Å²) in [5.41, 5.74) is -0.187. The molecule has 2 amide bonds. The van der Waals surface area contributed by atoms with E-state index in [2.05, 4.69) is 10.6 Å². The first-order chi connectivity index (χ1) is 16.4. The van der Waals surface area contributed by atoms with Crippen LogP contribution in [0.5, 0.6) is 0 Å². The number of alkyl halides is 2. The predicted octanol–water partition coefficient (Wildman–Crippen LogP) is 6.98. The zero-order chi connectivity index (χ0) is 25.7. The topological polar surface area (TPSA) is 58.2 Å². The van der Waals surface area contributed by atoms with Gasteiger partial charge >= 0.3 is 0 Å². The molecule has 0 aliphatic heterocycles. The van der Waals surface area contributed by atoms with Crippen molar-refractivity contribution < 1.29 is 27.2 Å². The second kappa shape index (κ2) is 9.33. The predicted molar refractivity (Wildman–Crippen MR) is 126 cm³/mol. The van der Waals surface area contributed by atoms with E-state index in [-0.39, 0.29) is 27.5 Å². The van der Waals surface area contributed by atoms with Crippen molar-refractivity contribution in [2.75, 3.05) is 10.6 Å². The number of carbonyl (C=O) groups is 2. The number of hydrogen-bond donors (Lipinski definition) is 2. The van der Waals surface area contributed by atoms with Crippen molar-refractivity contribution in [1.29, 1.82) is 0 Å². The van der Waals surface area contributed by atoms with Gasteiger partial charge in [-0.2, -0.15) is 0 Å². The largest absolute Gasteiger partial charge is 0.326 e. The van der Waals surface area contributed by atoms with Gasteiger partial charge in [0, 0.05) is 23.2 Å². The number of amides is 2. The average molecular weight is 546 g/mol. The Hall–Kier alpha value is -2.81. The Morgan fingerprint density at radius 1 is 0.886 bits per heavy atom. The molecule has 1 saturated carbocycles. The molecule has 1 aliphatic rings. The zero-order valence-corrected chi connectivity index (χ0v) is 20.0. The van der Waals surface area contributed by atoms with Crippen molar-refractivity contribution in [2.45, 2.75) is 17.2 Å². The van der Waals surface area contributed by atoms with Gasteiger partial charge in [0.2, 0.25) is 5.91 Å². The Bertz CT molecular complexity index is 1370. The molecular formula is C24H15Cl3F4N2O2. The number of nitrogens with one attached hydrogen (secondary N) is 2. The smallest absolute Gasteiger partial charge is 0.256 e. The van der Waals surface area contributed by atoms with Crippen LogP contribution in [-0.2, 0) is 4.79 Å². The number of carbonyl (C=O) groups excluding carboxylic acids is 2. The molecule has 3 aromatic rings. The number of anilines is 2. The maximum atomic E-state index is 14.6. The Morgan fingerprint density at radius 3 is 2.26 bits per heavy atom. The molecule has 11 heteroatoms. The summed E-state index contributed by atoms with van der Waals surface area (Å²) in [5.74, 6) is -6.52. The minimum Gasteiger partial charge on any atom is -0.326 e. The third kappa shape index (κ3) is 4.96. The van der Waals surface area contributed by atoms with Crippen molar-refractivity contribution in [3.63, 3.8) is 0 Å². The summed E-state index contributed by atoms with van der Waals surface area (Å²) in [5, 5.41) is 4.56. The molecule has 2 atom stereocenters. The molecule has 0 saturated heterocycles. The van der Waals surface area contributed by atoms with Crippen molar-refractivity contribution >= 4 is 58.0 Å². The lowest BCUT2D eigenvalue weighted by molar-refractivity contribution is -0.117. The van der Waals surface area contributed by atoms with Crippen molar-refractivity contribution in [2.24, 2.45) is 5.92 Å². The van der Waals surface area contributed by atoms with E-state index < -0.39 is 51.3 Å². The fourth-order valence-electron chi connectivity index (χ4n) is 3.76. The molecular weight excluding hydrogens is 531 g/mol. The monoisotopic (exact) mass is 544 g/mol. The van der Waals surface area contributed by atoms with Gasteiger partial charge in [-0.05, 0) is 54.4 Å². The highest BCUT2D eigenvalue weighted by Gasteiger charge is 2.67. The Kier molecular flexibility index (Phi) is 6.74. The molecule has 1 aliphatic carbocycles. The van der Waals surface area contributed by atoms with Crippen LogP contribution in [0.4, 0.5) is 28.9 Å². The second-order valence-electron chi connectivity index (χ2n) is 8.00. The number of rotatable bonds is 5. The molecule has 0 bridgehead atoms. The molecule has 4 rings (SSSR count). The average Bonchev–Trinajstić information content (AvgIpc) is 3.36. The van der Waals surface area contributed by atoms with Crippen LogP contribution < -0.4 is 10.6 Å². The van der Waals surface area contributed by atoms with E-state index in [4.69, 9.17) is 34.8 Å². The Balaban J connectivity index is 1.55. The van der Waals surface area contributed by atoms with E-state index in [1.807, 2.05) is 0 Å². The molecule has 0 radical (unpaired) electrons. The second-order valence-corrected chi connectivity index (χ2v) is 9.85. The highest BCUT2D eigenvalue weighted by atomic mass is 35.5. The van der Waals surface area contributed by atoms with Gasteiger partial charge in [0.15, 0.2) is 0 Å². The van der Waals surface area contributed by atoms with Gasteiger partial charge in [-0.3, -0.25) is 9.59 Å². The molecule has 0 heterocycles. The normalized spacial score (nSPS) is 18.2. The van der Waals surface area contributed by atoms with E-state index in [0.717, 1.165) is 24.3 Å². The van der Waals surface area contributed by atoms with Crippen molar-refractivity contribution in [1.82, 2.24) is 0 Å². The summed E-state index contributed by atoms with van der Waals surface area (Å²) < 4.78 is 53.5. The maximum absolute atomic E-state index is 14.6. The van der Waals surface area contributed by atoms with Crippen LogP contribution in [0.3, 0.4) is 0 Å². The number of halogens is 7. The lowest BCUT2D eigenvalue weighted by Crippen LogP contribution is -2.19. The van der Waals surface area contributed by atoms with Gasteiger partial charge in [0.25, 0.3) is 5.91 Å². The van der Waals surface area contributed by atoms with Gasteiger partial charge in [-0.15, -0.1) is 23.2 Å². The molecule has 0 unspecified atom stereocenters. The molecule has 182 valence electrons. The van der Waals surface area contributed by atoms with E-state index >= 15 is 0 Å². The van der Waals surface area contributed by atoms with Crippen LogP contribution in [0, 0.1) is 36.1 Å². The fourth-order valence-corrected chi connectivity index (χ4v) is 4.78. The Labute approximate surface area is 212 Å². The van der Waals surface area contributed by atoms with Gasteiger partial charge in [-0.25, -0.2) is 17.6 Å². The van der Waals surface area contributed by atoms with E-state index in [0.29, 0.717) is 11.6 Å². The summed E-state index contributed by atoms with van der Waals surface area (Å²) in [6.45, 7) is 1.33. The van der Waals surface area contributed by atoms with Crippen molar-refractivity contribution in [3.8, 4) is 0 Å². The third-order valence-electron chi connectivity index (χ3n) is 5.67. The van der Waals surface area contributed by atoms with E-state index in [1.165, 1.54) is 25.1 Å². The molecule has 1 fully saturated rings. The molecule has 3 aromatic carbocycles. The first kappa shape index (κ1) is 25.3. The van der Waals surface area contributed by atoms with Crippen molar-refractivity contribution in [3.05, 3.63) is 93.5 Å².